The second kappa shape index (κ2) is 17.0. The van der Waals surface area contributed by atoms with Crippen LogP contribution in [0.25, 0.3) is 0 Å². The summed E-state index contributed by atoms with van der Waals surface area (Å²) in [6.45, 7) is 0.629. The number of ether oxygens (including phenoxy) is 2. The van der Waals surface area contributed by atoms with Crippen LogP contribution in [0, 0.1) is 0 Å². The summed E-state index contributed by atoms with van der Waals surface area (Å²) in [5.41, 5.74) is 3.19. The summed E-state index contributed by atoms with van der Waals surface area (Å²) in [6.07, 6.45) is 7.46. The molecule has 224 valence electrons. The number of aryl methyl sites for hydroxylation is 2. The molecule has 0 saturated heterocycles. The molecule has 0 atom stereocenters. The third-order valence-electron chi connectivity index (χ3n) is 6.98. The molecule has 0 heterocycles. The quantitative estimate of drug-likeness (QED) is 0.0988. The van der Waals surface area contributed by atoms with Gasteiger partial charge in [0.2, 0.25) is 0 Å². The van der Waals surface area contributed by atoms with Crippen LogP contribution in [0.15, 0.2) is 107 Å². The fraction of sp³-hybridized carbons (Fsp3) is 0.278. The molecular weight excluding hydrogens is 560 g/mol. The third-order valence-corrected chi connectivity index (χ3v) is 8.08. The molecule has 7 heteroatoms. The van der Waals surface area contributed by atoms with E-state index in [1.165, 1.54) is 47.5 Å². The lowest BCUT2D eigenvalue weighted by atomic mass is 10.1. The molecule has 6 nitrogen and oxygen atoms in total. The maximum Gasteiger partial charge on any atom is 0.338 e. The number of unbranched alkanes of at least 4 members (excludes halogenated alkanes) is 4. The molecule has 4 aromatic rings. The van der Waals surface area contributed by atoms with Gasteiger partial charge in [-0.25, -0.2) is 9.59 Å². The minimum atomic E-state index is -0.477. The van der Waals surface area contributed by atoms with Crippen molar-refractivity contribution in [2.45, 2.75) is 61.2 Å². The number of phenols is 2. The maximum atomic E-state index is 12.6. The number of carbonyl (C=O) groups is 2. The fourth-order valence-electron chi connectivity index (χ4n) is 4.57. The summed E-state index contributed by atoms with van der Waals surface area (Å²) in [7, 11) is 0. The fourth-order valence-corrected chi connectivity index (χ4v) is 5.52. The van der Waals surface area contributed by atoms with Gasteiger partial charge in [0, 0.05) is 0 Å². The Labute approximate surface area is 257 Å². The average molecular weight is 599 g/mol. The molecule has 0 radical (unpaired) electrons. The first-order chi connectivity index (χ1) is 21.0. The van der Waals surface area contributed by atoms with Crippen molar-refractivity contribution in [2.75, 3.05) is 13.2 Å². The molecule has 0 fully saturated rings. The van der Waals surface area contributed by atoms with Crippen molar-refractivity contribution in [1.29, 1.82) is 0 Å². The summed E-state index contributed by atoms with van der Waals surface area (Å²) in [5, 5.41) is 20.9. The highest BCUT2D eigenvalue weighted by Crippen LogP contribution is 2.39. The number of hydrogen-bond acceptors (Lipinski definition) is 7. The highest BCUT2D eigenvalue weighted by molar-refractivity contribution is 7.99. The van der Waals surface area contributed by atoms with Crippen molar-refractivity contribution in [3.05, 3.63) is 119 Å². The molecule has 4 rings (SSSR count). The molecule has 0 bridgehead atoms. The zero-order valence-electron chi connectivity index (χ0n) is 24.2. The van der Waals surface area contributed by atoms with E-state index in [1.807, 2.05) is 36.4 Å². The number of carbonyl (C=O) groups excluding carboxylic acids is 2. The van der Waals surface area contributed by atoms with Crippen LogP contribution >= 0.6 is 11.8 Å². The molecular formula is C36H38O6S. The first-order valence-corrected chi connectivity index (χ1v) is 15.6. The molecule has 0 saturated carbocycles. The Bertz CT molecular complexity index is 1340. The van der Waals surface area contributed by atoms with Crippen LogP contribution in [-0.2, 0) is 22.3 Å². The van der Waals surface area contributed by atoms with Gasteiger partial charge in [-0.2, -0.15) is 0 Å². The molecule has 0 spiro atoms. The number of benzene rings is 4. The lowest BCUT2D eigenvalue weighted by Gasteiger charge is -2.11. The Morgan fingerprint density at radius 1 is 0.535 bits per heavy atom. The van der Waals surface area contributed by atoms with Crippen LogP contribution in [0.1, 0.15) is 70.4 Å². The predicted molar refractivity (Wildman–Crippen MR) is 169 cm³/mol. The normalized spacial score (nSPS) is 10.8. The van der Waals surface area contributed by atoms with Gasteiger partial charge in [0.1, 0.15) is 11.5 Å². The molecule has 0 aliphatic heterocycles. The number of phenolic OH excluding ortho intramolecular Hbond substituents is 2. The van der Waals surface area contributed by atoms with Crippen molar-refractivity contribution in [1.82, 2.24) is 0 Å². The van der Waals surface area contributed by atoms with Gasteiger partial charge in [-0.15, -0.1) is 0 Å². The molecule has 0 aromatic heterocycles. The Hall–Kier alpha value is -4.23. The summed E-state index contributed by atoms with van der Waals surface area (Å²) in [4.78, 5) is 26.0. The van der Waals surface area contributed by atoms with Gasteiger partial charge in [0.05, 0.1) is 34.1 Å². The minimum absolute atomic E-state index is 0.0506. The van der Waals surface area contributed by atoms with E-state index in [0.29, 0.717) is 34.1 Å². The molecule has 0 aliphatic rings. The van der Waals surface area contributed by atoms with E-state index in [4.69, 9.17) is 9.47 Å². The lowest BCUT2D eigenvalue weighted by molar-refractivity contribution is 0.0488. The Kier molecular flexibility index (Phi) is 12.5. The van der Waals surface area contributed by atoms with Crippen LogP contribution in [0.2, 0.25) is 0 Å². The van der Waals surface area contributed by atoms with Crippen molar-refractivity contribution in [2.24, 2.45) is 0 Å². The summed E-state index contributed by atoms with van der Waals surface area (Å²) in [6, 6.07) is 29.5. The van der Waals surface area contributed by atoms with E-state index in [9.17, 15) is 19.8 Å². The first kappa shape index (κ1) is 31.7. The zero-order chi connectivity index (χ0) is 30.3. The van der Waals surface area contributed by atoms with Gasteiger partial charge in [-0.1, -0.05) is 72.4 Å². The Morgan fingerprint density at radius 3 is 1.37 bits per heavy atom. The third kappa shape index (κ3) is 10.5. The van der Waals surface area contributed by atoms with Crippen molar-refractivity contribution >= 4 is 23.7 Å². The first-order valence-electron chi connectivity index (χ1n) is 14.8. The van der Waals surface area contributed by atoms with E-state index in [-0.39, 0.29) is 11.5 Å². The minimum Gasteiger partial charge on any atom is -0.507 e. The second-order valence-electron chi connectivity index (χ2n) is 10.3. The SMILES string of the molecule is O=C(OCCCCCc1ccccc1)c1ccc(O)c(Sc2cc(C(=O)OCCCCCc3ccccc3)ccc2O)c1. The van der Waals surface area contributed by atoms with Gasteiger partial charge in [0.25, 0.3) is 0 Å². The highest BCUT2D eigenvalue weighted by atomic mass is 32.2. The number of rotatable bonds is 16. The molecule has 0 unspecified atom stereocenters. The summed E-state index contributed by atoms with van der Waals surface area (Å²) in [5.74, 6) is -1.05. The van der Waals surface area contributed by atoms with Crippen LogP contribution < -0.4 is 0 Å². The van der Waals surface area contributed by atoms with E-state index >= 15 is 0 Å². The molecule has 43 heavy (non-hydrogen) atoms. The van der Waals surface area contributed by atoms with Crippen LogP contribution in [0.5, 0.6) is 11.5 Å². The van der Waals surface area contributed by atoms with Gasteiger partial charge < -0.3 is 19.7 Å². The van der Waals surface area contributed by atoms with Crippen LogP contribution in [0.3, 0.4) is 0 Å². The van der Waals surface area contributed by atoms with Crippen molar-refractivity contribution in [3.63, 3.8) is 0 Å². The Morgan fingerprint density at radius 2 is 0.953 bits per heavy atom. The standard InChI is InChI=1S/C36H38O6S/c37-31-21-19-29(35(39)41-23-11-3-9-17-27-13-5-1-6-14-27)25-33(31)43-34-26-30(20-22-32(34)38)36(40)42-24-12-4-10-18-28-15-7-2-8-16-28/h1-2,5-8,13-16,19-22,25-26,37-38H,3-4,9-12,17-18,23-24H2. The summed E-state index contributed by atoms with van der Waals surface area (Å²) < 4.78 is 10.9. The number of hydrogen-bond donors (Lipinski definition) is 2. The van der Waals surface area contributed by atoms with Gasteiger partial charge >= 0.3 is 11.9 Å². The highest BCUT2D eigenvalue weighted by Gasteiger charge is 2.16. The zero-order valence-corrected chi connectivity index (χ0v) is 25.1. The predicted octanol–water partition coefficient (Wildman–Crippen LogP) is 8.39. The van der Waals surface area contributed by atoms with E-state index in [2.05, 4.69) is 24.3 Å². The van der Waals surface area contributed by atoms with Gasteiger partial charge in [0.15, 0.2) is 0 Å². The van der Waals surface area contributed by atoms with Crippen LogP contribution in [0.4, 0.5) is 0 Å². The van der Waals surface area contributed by atoms with Gasteiger partial charge in [-0.3, -0.25) is 0 Å². The van der Waals surface area contributed by atoms with Crippen molar-refractivity contribution < 1.29 is 29.3 Å². The van der Waals surface area contributed by atoms with E-state index in [1.54, 1.807) is 0 Å². The molecule has 0 aliphatic carbocycles. The smallest absolute Gasteiger partial charge is 0.338 e. The largest absolute Gasteiger partial charge is 0.507 e. The molecule has 0 amide bonds. The van der Waals surface area contributed by atoms with E-state index < -0.39 is 11.9 Å². The average Bonchev–Trinajstić information content (AvgIpc) is 3.03. The summed E-state index contributed by atoms with van der Waals surface area (Å²) >= 11 is 1.05. The van der Waals surface area contributed by atoms with Gasteiger partial charge in [-0.05, 0) is 98.9 Å². The molecule has 2 N–H and O–H groups in total. The number of esters is 2. The maximum absolute atomic E-state index is 12.6. The lowest BCUT2D eigenvalue weighted by Crippen LogP contribution is -2.07. The van der Waals surface area contributed by atoms with Crippen molar-refractivity contribution in [3.8, 4) is 11.5 Å². The van der Waals surface area contributed by atoms with E-state index in [0.717, 1.165) is 63.1 Å². The number of aromatic hydroxyl groups is 2. The monoisotopic (exact) mass is 598 g/mol. The second-order valence-corrected chi connectivity index (χ2v) is 11.4. The Balaban J connectivity index is 1.23. The molecule has 4 aromatic carbocycles. The topological polar surface area (TPSA) is 93.1 Å². The van der Waals surface area contributed by atoms with Crippen LogP contribution in [-0.4, -0.2) is 35.4 Å².